The fraction of sp³-hybridized carbons (Fsp3) is 0.267. The topological polar surface area (TPSA) is 55.1 Å². The molecular weight excluding hydrogens is 269 g/mol. The predicted molar refractivity (Wildman–Crippen MR) is 79.3 cm³/mol. The number of benzene rings is 1. The van der Waals surface area contributed by atoms with E-state index < -0.39 is 0 Å². The zero-order chi connectivity index (χ0) is 15.0. The van der Waals surface area contributed by atoms with E-state index in [1.807, 2.05) is 6.92 Å². The molecule has 5 nitrogen and oxygen atoms in total. The van der Waals surface area contributed by atoms with Crippen LogP contribution in [0.4, 0.5) is 15.9 Å². The fourth-order valence-electron chi connectivity index (χ4n) is 2.40. The highest BCUT2D eigenvalue weighted by Gasteiger charge is 2.13. The fourth-order valence-corrected chi connectivity index (χ4v) is 2.40. The minimum absolute atomic E-state index is 0.215. The molecule has 0 fully saturated rings. The highest BCUT2D eigenvalue weighted by atomic mass is 19.1. The Morgan fingerprint density at radius 1 is 1.29 bits per heavy atom. The zero-order valence-corrected chi connectivity index (χ0v) is 12.2. The Hall–Kier alpha value is -2.50. The summed E-state index contributed by atoms with van der Waals surface area (Å²) in [6, 6.07) is 4.93. The number of halogens is 1. The van der Waals surface area contributed by atoms with Crippen LogP contribution in [0.2, 0.25) is 0 Å². The number of nitrogens with zero attached hydrogens (tertiary/aromatic N) is 4. The number of aromatic nitrogens is 4. The van der Waals surface area contributed by atoms with Gasteiger partial charge in [0.05, 0.1) is 0 Å². The van der Waals surface area contributed by atoms with Gasteiger partial charge in [-0.15, -0.1) is 0 Å². The van der Waals surface area contributed by atoms with Crippen molar-refractivity contribution in [1.29, 1.82) is 0 Å². The molecule has 1 aromatic carbocycles. The van der Waals surface area contributed by atoms with Gasteiger partial charge in [0.1, 0.15) is 18.0 Å². The molecule has 1 N–H and O–H groups in total. The molecule has 0 radical (unpaired) electrons. The van der Waals surface area contributed by atoms with Crippen molar-refractivity contribution in [2.75, 3.05) is 5.32 Å². The molecule has 6 heteroatoms. The summed E-state index contributed by atoms with van der Waals surface area (Å²) in [4.78, 5) is 8.56. The molecule has 2 heterocycles. The lowest BCUT2D eigenvalue weighted by Crippen LogP contribution is -2.08. The van der Waals surface area contributed by atoms with E-state index in [0.717, 1.165) is 29.2 Å². The molecule has 0 amide bonds. The molecule has 0 unspecified atom stereocenters. The number of rotatable bonds is 3. The average molecular weight is 285 g/mol. The quantitative estimate of drug-likeness (QED) is 0.803. The Kier molecular flexibility index (Phi) is 3.29. The third kappa shape index (κ3) is 2.33. The van der Waals surface area contributed by atoms with Crippen molar-refractivity contribution in [3.8, 4) is 0 Å². The van der Waals surface area contributed by atoms with E-state index in [0.29, 0.717) is 11.3 Å². The summed E-state index contributed by atoms with van der Waals surface area (Å²) in [5.41, 5.74) is 3.39. The highest BCUT2D eigenvalue weighted by Crippen LogP contribution is 2.24. The Balaban J connectivity index is 2.14. The van der Waals surface area contributed by atoms with Gasteiger partial charge in [-0.05, 0) is 44.0 Å². The van der Waals surface area contributed by atoms with Gasteiger partial charge in [0, 0.05) is 16.9 Å². The van der Waals surface area contributed by atoms with Crippen molar-refractivity contribution < 1.29 is 4.39 Å². The summed E-state index contributed by atoms with van der Waals surface area (Å²) >= 11 is 0. The second-order valence-electron chi connectivity index (χ2n) is 4.94. The van der Waals surface area contributed by atoms with Gasteiger partial charge in [0.25, 0.3) is 5.78 Å². The Bertz CT molecular complexity index is 809. The number of nitrogens with one attached hydrogen (secondary N) is 1. The summed E-state index contributed by atoms with van der Waals surface area (Å²) in [5.74, 6) is 1.16. The van der Waals surface area contributed by atoms with E-state index in [1.165, 1.54) is 12.4 Å². The van der Waals surface area contributed by atoms with Crippen LogP contribution in [-0.4, -0.2) is 19.6 Å². The van der Waals surface area contributed by atoms with Crippen LogP contribution in [0.5, 0.6) is 0 Å². The van der Waals surface area contributed by atoms with Gasteiger partial charge in [0.15, 0.2) is 0 Å². The summed E-state index contributed by atoms with van der Waals surface area (Å²) in [6.07, 6.45) is 2.29. The minimum atomic E-state index is -0.215. The van der Waals surface area contributed by atoms with Gasteiger partial charge in [0.2, 0.25) is 0 Å². The van der Waals surface area contributed by atoms with E-state index in [-0.39, 0.29) is 5.82 Å². The standard InChI is InChI=1S/C15H16FN5/c1-4-12-10(3)19-15-17-8-18-21(15)14(12)20-11-5-6-13(16)9(2)7-11/h5-8,20H,4H2,1-3H3. The molecule has 0 atom stereocenters. The maximum absolute atomic E-state index is 13.4. The molecule has 0 aliphatic rings. The molecular formula is C15H16FN5. The number of fused-ring (bicyclic) bond motifs is 1. The van der Waals surface area contributed by atoms with Crippen LogP contribution >= 0.6 is 0 Å². The van der Waals surface area contributed by atoms with E-state index in [1.54, 1.807) is 23.6 Å². The molecule has 0 saturated heterocycles. The van der Waals surface area contributed by atoms with Crippen molar-refractivity contribution >= 4 is 17.3 Å². The largest absolute Gasteiger partial charge is 0.340 e. The maximum atomic E-state index is 13.4. The first-order chi connectivity index (χ1) is 10.1. The number of anilines is 2. The maximum Gasteiger partial charge on any atom is 0.254 e. The minimum Gasteiger partial charge on any atom is -0.340 e. The lowest BCUT2D eigenvalue weighted by molar-refractivity contribution is 0.619. The molecule has 2 aromatic heterocycles. The van der Waals surface area contributed by atoms with Gasteiger partial charge in [-0.3, -0.25) is 0 Å². The SMILES string of the molecule is CCc1c(C)nc2ncnn2c1Nc1ccc(F)c(C)c1. The highest BCUT2D eigenvalue weighted by molar-refractivity contribution is 5.63. The van der Waals surface area contributed by atoms with Crippen molar-refractivity contribution in [2.45, 2.75) is 27.2 Å². The molecule has 0 bridgehead atoms. The van der Waals surface area contributed by atoms with Crippen LogP contribution in [0, 0.1) is 19.7 Å². The van der Waals surface area contributed by atoms with Crippen molar-refractivity contribution in [2.24, 2.45) is 0 Å². The van der Waals surface area contributed by atoms with Crippen molar-refractivity contribution in [3.05, 3.63) is 47.2 Å². The van der Waals surface area contributed by atoms with E-state index in [9.17, 15) is 4.39 Å². The lowest BCUT2D eigenvalue weighted by Gasteiger charge is -2.14. The van der Waals surface area contributed by atoms with Gasteiger partial charge in [-0.2, -0.15) is 14.6 Å². The van der Waals surface area contributed by atoms with Gasteiger partial charge in [-0.1, -0.05) is 6.92 Å². The zero-order valence-electron chi connectivity index (χ0n) is 12.2. The smallest absolute Gasteiger partial charge is 0.254 e. The second kappa shape index (κ2) is 5.12. The second-order valence-corrected chi connectivity index (χ2v) is 4.94. The van der Waals surface area contributed by atoms with Crippen LogP contribution in [0.1, 0.15) is 23.7 Å². The average Bonchev–Trinajstić information content (AvgIpc) is 2.91. The number of aryl methyl sites for hydroxylation is 2. The van der Waals surface area contributed by atoms with E-state index in [4.69, 9.17) is 0 Å². The van der Waals surface area contributed by atoms with Crippen LogP contribution in [-0.2, 0) is 6.42 Å². The van der Waals surface area contributed by atoms with Crippen molar-refractivity contribution in [3.63, 3.8) is 0 Å². The molecule has 0 aliphatic heterocycles. The first kappa shape index (κ1) is 13.5. The normalized spacial score (nSPS) is 11.0. The summed E-state index contributed by atoms with van der Waals surface area (Å²) in [5, 5.41) is 7.53. The number of hydrogen-bond acceptors (Lipinski definition) is 4. The molecule has 0 aliphatic carbocycles. The predicted octanol–water partition coefficient (Wildman–Crippen LogP) is 3.19. The molecule has 108 valence electrons. The first-order valence-electron chi connectivity index (χ1n) is 6.82. The number of hydrogen-bond donors (Lipinski definition) is 1. The molecule has 3 rings (SSSR count). The van der Waals surface area contributed by atoms with E-state index in [2.05, 4.69) is 27.3 Å². The first-order valence-corrected chi connectivity index (χ1v) is 6.82. The van der Waals surface area contributed by atoms with E-state index >= 15 is 0 Å². The van der Waals surface area contributed by atoms with Crippen LogP contribution in [0.25, 0.3) is 5.78 Å². The lowest BCUT2D eigenvalue weighted by atomic mass is 10.1. The van der Waals surface area contributed by atoms with Gasteiger partial charge < -0.3 is 5.32 Å². The third-order valence-electron chi connectivity index (χ3n) is 3.51. The molecule has 0 spiro atoms. The molecule has 21 heavy (non-hydrogen) atoms. The molecule has 3 aromatic rings. The summed E-state index contributed by atoms with van der Waals surface area (Å²) in [7, 11) is 0. The summed E-state index contributed by atoms with van der Waals surface area (Å²) in [6.45, 7) is 5.76. The summed E-state index contributed by atoms with van der Waals surface area (Å²) < 4.78 is 15.1. The third-order valence-corrected chi connectivity index (χ3v) is 3.51. The van der Waals surface area contributed by atoms with Crippen molar-refractivity contribution in [1.82, 2.24) is 19.6 Å². The van der Waals surface area contributed by atoms with Crippen LogP contribution in [0.15, 0.2) is 24.5 Å². The monoisotopic (exact) mass is 285 g/mol. The van der Waals surface area contributed by atoms with Gasteiger partial charge in [-0.25, -0.2) is 9.37 Å². The molecule has 0 saturated carbocycles. The Morgan fingerprint density at radius 3 is 2.81 bits per heavy atom. The van der Waals surface area contributed by atoms with Crippen LogP contribution < -0.4 is 5.32 Å². The van der Waals surface area contributed by atoms with Crippen LogP contribution in [0.3, 0.4) is 0 Å². The Labute approximate surface area is 121 Å². The Morgan fingerprint density at radius 2 is 2.10 bits per heavy atom. The van der Waals surface area contributed by atoms with Gasteiger partial charge >= 0.3 is 0 Å².